The third kappa shape index (κ3) is 5.11. The van der Waals surface area contributed by atoms with E-state index in [-0.39, 0.29) is 18.5 Å². The van der Waals surface area contributed by atoms with Crippen molar-refractivity contribution >= 4 is 17.3 Å². The zero-order chi connectivity index (χ0) is 21.0. The summed E-state index contributed by atoms with van der Waals surface area (Å²) in [7, 11) is 0. The van der Waals surface area contributed by atoms with Crippen molar-refractivity contribution in [2.24, 2.45) is 0 Å². The third-order valence-electron chi connectivity index (χ3n) is 4.98. The van der Waals surface area contributed by atoms with Crippen LogP contribution >= 0.6 is 11.6 Å². The Kier molecular flexibility index (Phi) is 6.22. The summed E-state index contributed by atoms with van der Waals surface area (Å²) in [5.41, 5.74) is 7.07. The lowest BCUT2D eigenvalue weighted by atomic mass is 10.0. The first kappa shape index (κ1) is 20.7. The van der Waals surface area contributed by atoms with Crippen LogP contribution in [0.15, 0.2) is 61.2 Å². The second-order valence-corrected chi connectivity index (χ2v) is 7.76. The van der Waals surface area contributed by atoms with Gasteiger partial charge in [0.2, 0.25) is 0 Å². The summed E-state index contributed by atoms with van der Waals surface area (Å²) in [4.78, 5) is 4.10. The van der Waals surface area contributed by atoms with Crippen molar-refractivity contribution in [3.8, 4) is 5.75 Å². The van der Waals surface area contributed by atoms with Crippen LogP contribution in [0.4, 0.5) is 10.1 Å². The molecule has 1 aliphatic rings. The smallest absolute Gasteiger partial charge is 0.187 e. The molecule has 2 atom stereocenters. The van der Waals surface area contributed by atoms with Gasteiger partial charge in [0, 0.05) is 35.6 Å². The Morgan fingerprint density at radius 3 is 2.83 bits per heavy atom. The van der Waals surface area contributed by atoms with Crippen LogP contribution in [-0.2, 0) is 22.4 Å². The number of aromatic nitrogens is 2. The van der Waals surface area contributed by atoms with Crippen LogP contribution in [0.1, 0.15) is 12.0 Å². The topological polar surface area (TPSA) is 71.5 Å². The van der Waals surface area contributed by atoms with Gasteiger partial charge in [0.25, 0.3) is 0 Å². The van der Waals surface area contributed by atoms with E-state index < -0.39 is 11.6 Å². The number of ether oxygens (including phenoxy) is 3. The summed E-state index contributed by atoms with van der Waals surface area (Å²) < 4.78 is 33.9. The second-order valence-electron chi connectivity index (χ2n) is 7.32. The lowest BCUT2D eigenvalue weighted by Crippen LogP contribution is -2.37. The van der Waals surface area contributed by atoms with Gasteiger partial charge in [0.15, 0.2) is 17.4 Å². The summed E-state index contributed by atoms with van der Waals surface area (Å²) in [6.45, 7) is 1.02. The molecule has 30 heavy (non-hydrogen) atoms. The summed E-state index contributed by atoms with van der Waals surface area (Å²) in [6.07, 6.45) is 6.38. The average molecular weight is 432 g/mol. The lowest BCUT2D eigenvalue weighted by molar-refractivity contribution is -0.184. The van der Waals surface area contributed by atoms with Gasteiger partial charge in [-0.3, -0.25) is 0 Å². The number of halogens is 2. The van der Waals surface area contributed by atoms with E-state index in [1.165, 1.54) is 12.1 Å². The molecule has 8 heteroatoms. The standard InChI is InChI=1S/C22H23ClFN3O3/c23-17-3-1-16(2-4-17)7-8-22(14-27-10-9-26-15-27)29-13-19(30-22)12-28-21-6-5-18(25)11-20(21)24/h1-6,9-11,15,19H,7-8,12-14,25H2/t19-,22+/m0/s1. The van der Waals surface area contributed by atoms with Crippen molar-refractivity contribution in [3.05, 3.63) is 77.6 Å². The van der Waals surface area contributed by atoms with Gasteiger partial charge in [0.1, 0.15) is 12.7 Å². The molecule has 1 fully saturated rings. The molecule has 0 saturated carbocycles. The number of nitrogens with two attached hydrogens (primary N) is 1. The van der Waals surface area contributed by atoms with Gasteiger partial charge in [0.05, 0.1) is 19.5 Å². The molecule has 2 N–H and O–H groups in total. The predicted octanol–water partition coefficient (Wildman–Crippen LogP) is 4.08. The maximum atomic E-state index is 14.0. The van der Waals surface area contributed by atoms with E-state index in [9.17, 15) is 4.39 Å². The first-order valence-corrected chi connectivity index (χ1v) is 10.1. The highest BCUT2D eigenvalue weighted by atomic mass is 35.5. The van der Waals surface area contributed by atoms with Gasteiger partial charge in [-0.25, -0.2) is 9.37 Å². The Hall–Kier alpha value is -2.61. The van der Waals surface area contributed by atoms with Crippen molar-refractivity contribution in [2.45, 2.75) is 31.3 Å². The van der Waals surface area contributed by atoms with Crippen LogP contribution in [0.25, 0.3) is 0 Å². The van der Waals surface area contributed by atoms with Crippen molar-refractivity contribution < 1.29 is 18.6 Å². The summed E-state index contributed by atoms with van der Waals surface area (Å²) in [5.74, 6) is -1.18. The Morgan fingerprint density at radius 2 is 2.10 bits per heavy atom. The minimum absolute atomic E-state index is 0.140. The molecule has 0 amide bonds. The zero-order valence-electron chi connectivity index (χ0n) is 16.3. The molecule has 0 spiro atoms. The van der Waals surface area contributed by atoms with Crippen molar-refractivity contribution in [2.75, 3.05) is 18.9 Å². The van der Waals surface area contributed by atoms with E-state index in [0.717, 1.165) is 12.0 Å². The highest BCUT2D eigenvalue weighted by Crippen LogP contribution is 2.32. The fourth-order valence-corrected chi connectivity index (χ4v) is 3.58. The van der Waals surface area contributed by atoms with Crippen molar-refractivity contribution in [1.82, 2.24) is 9.55 Å². The molecule has 0 unspecified atom stereocenters. The molecular weight excluding hydrogens is 409 g/mol. The molecule has 4 rings (SSSR count). The molecule has 2 aromatic carbocycles. The molecule has 1 saturated heterocycles. The zero-order valence-corrected chi connectivity index (χ0v) is 17.1. The first-order chi connectivity index (χ1) is 14.5. The van der Waals surface area contributed by atoms with Gasteiger partial charge in [-0.1, -0.05) is 23.7 Å². The number of aryl methyl sites for hydroxylation is 1. The summed E-state index contributed by atoms with van der Waals surface area (Å²) in [6, 6.07) is 12.1. The van der Waals surface area contributed by atoms with E-state index in [0.29, 0.717) is 30.3 Å². The Bertz CT molecular complexity index is 968. The Balaban J connectivity index is 1.41. The van der Waals surface area contributed by atoms with E-state index >= 15 is 0 Å². The lowest BCUT2D eigenvalue weighted by Gasteiger charge is -2.28. The molecule has 0 radical (unpaired) electrons. The van der Waals surface area contributed by atoms with Crippen LogP contribution in [0.3, 0.4) is 0 Å². The van der Waals surface area contributed by atoms with Crippen LogP contribution < -0.4 is 10.5 Å². The SMILES string of the molecule is Nc1ccc(OC[C@H]2CO[C@@](CCc3ccc(Cl)cc3)(Cn3ccnc3)O2)c(F)c1. The minimum atomic E-state index is -0.825. The van der Waals surface area contributed by atoms with Gasteiger partial charge < -0.3 is 24.5 Å². The van der Waals surface area contributed by atoms with Gasteiger partial charge in [-0.2, -0.15) is 0 Å². The van der Waals surface area contributed by atoms with Gasteiger partial charge in [-0.15, -0.1) is 0 Å². The molecule has 2 heterocycles. The number of hydrogen-bond acceptors (Lipinski definition) is 5. The third-order valence-corrected chi connectivity index (χ3v) is 5.24. The quantitative estimate of drug-likeness (QED) is 0.544. The highest BCUT2D eigenvalue weighted by Gasteiger charge is 2.42. The van der Waals surface area contributed by atoms with Gasteiger partial charge in [-0.05, 0) is 36.2 Å². The molecular formula is C22H23ClFN3O3. The number of hydrogen-bond donors (Lipinski definition) is 1. The molecule has 0 bridgehead atoms. The summed E-state index contributed by atoms with van der Waals surface area (Å²) in [5, 5.41) is 0.701. The number of benzene rings is 2. The number of anilines is 1. The number of nitrogen functional groups attached to an aromatic ring is 1. The van der Waals surface area contributed by atoms with E-state index in [1.807, 2.05) is 35.0 Å². The van der Waals surface area contributed by atoms with Crippen LogP contribution in [0.5, 0.6) is 5.75 Å². The second kappa shape index (κ2) is 9.04. The molecule has 3 aromatic rings. The van der Waals surface area contributed by atoms with E-state index in [2.05, 4.69) is 4.98 Å². The number of rotatable bonds is 8. The highest BCUT2D eigenvalue weighted by molar-refractivity contribution is 6.30. The molecule has 6 nitrogen and oxygen atoms in total. The molecule has 1 aliphatic heterocycles. The van der Waals surface area contributed by atoms with Crippen LogP contribution in [0.2, 0.25) is 5.02 Å². The van der Waals surface area contributed by atoms with Crippen molar-refractivity contribution in [1.29, 1.82) is 0 Å². The summed E-state index contributed by atoms with van der Waals surface area (Å²) >= 11 is 5.98. The molecule has 1 aromatic heterocycles. The van der Waals surface area contributed by atoms with Crippen molar-refractivity contribution in [3.63, 3.8) is 0 Å². The van der Waals surface area contributed by atoms with Crippen LogP contribution in [0, 0.1) is 5.82 Å². The Morgan fingerprint density at radius 1 is 1.27 bits per heavy atom. The fraction of sp³-hybridized carbons (Fsp3) is 0.318. The van der Waals surface area contributed by atoms with Crippen LogP contribution in [-0.4, -0.2) is 34.7 Å². The maximum absolute atomic E-state index is 14.0. The number of imidazole rings is 1. The maximum Gasteiger partial charge on any atom is 0.187 e. The average Bonchev–Trinajstić information content (AvgIpc) is 3.38. The predicted molar refractivity (Wildman–Crippen MR) is 112 cm³/mol. The fourth-order valence-electron chi connectivity index (χ4n) is 3.45. The van der Waals surface area contributed by atoms with E-state index in [1.54, 1.807) is 18.6 Å². The molecule has 0 aliphatic carbocycles. The number of nitrogens with zero attached hydrogens (tertiary/aromatic N) is 2. The monoisotopic (exact) mass is 431 g/mol. The molecule has 158 valence electrons. The van der Waals surface area contributed by atoms with E-state index in [4.69, 9.17) is 31.5 Å². The Labute approximate surface area is 179 Å². The first-order valence-electron chi connectivity index (χ1n) is 9.71. The normalized spacial score (nSPS) is 21.1. The largest absolute Gasteiger partial charge is 0.488 e. The minimum Gasteiger partial charge on any atom is -0.488 e. The van der Waals surface area contributed by atoms with Gasteiger partial charge >= 0.3 is 0 Å².